The highest BCUT2D eigenvalue weighted by molar-refractivity contribution is 5.37. The lowest BCUT2D eigenvalue weighted by molar-refractivity contribution is 0.0879. The number of rotatable bonds is 4. The fourth-order valence-corrected chi connectivity index (χ4v) is 1.92. The summed E-state index contributed by atoms with van der Waals surface area (Å²) >= 11 is 0. The second-order valence-corrected chi connectivity index (χ2v) is 4.08. The summed E-state index contributed by atoms with van der Waals surface area (Å²) < 4.78 is 35.3. The number of hydrogen-bond acceptors (Lipinski definition) is 5. The summed E-state index contributed by atoms with van der Waals surface area (Å²) in [6, 6.07) is 1.55. The number of halogens is 2. The molecule has 1 aromatic heterocycles. The van der Waals surface area contributed by atoms with Crippen molar-refractivity contribution in [3.05, 3.63) is 6.07 Å². The lowest BCUT2D eigenvalue weighted by Crippen LogP contribution is -2.24. The van der Waals surface area contributed by atoms with Crippen LogP contribution < -0.4 is 14.4 Å². The molecule has 0 spiro atoms. The summed E-state index contributed by atoms with van der Waals surface area (Å²) in [4.78, 5) is 10.0. The Hall–Kier alpha value is -1.66. The van der Waals surface area contributed by atoms with E-state index in [1.807, 2.05) is 0 Å². The molecular weight excluding hydrogens is 244 g/mol. The van der Waals surface area contributed by atoms with Crippen molar-refractivity contribution in [3.8, 4) is 11.8 Å². The summed E-state index contributed by atoms with van der Waals surface area (Å²) in [5, 5.41) is 0. The zero-order valence-electron chi connectivity index (χ0n) is 10.3. The van der Waals surface area contributed by atoms with Crippen LogP contribution in [0.25, 0.3) is 0 Å². The highest BCUT2D eigenvalue weighted by atomic mass is 19.3. The molecule has 100 valence electrons. The van der Waals surface area contributed by atoms with Crippen LogP contribution in [0.2, 0.25) is 0 Å². The molecule has 0 N–H and O–H groups in total. The Labute approximate surface area is 104 Å². The van der Waals surface area contributed by atoms with Crippen LogP contribution in [-0.4, -0.2) is 43.7 Å². The quantitative estimate of drug-likeness (QED) is 0.821. The molecule has 2 rings (SSSR count). The number of aromatic nitrogens is 2. The molecule has 18 heavy (non-hydrogen) atoms. The first-order valence-corrected chi connectivity index (χ1v) is 5.64. The molecule has 1 atom stereocenters. The molecule has 7 heteroatoms. The van der Waals surface area contributed by atoms with Crippen LogP contribution in [0.5, 0.6) is 11.8 Å². The normalized spacial score (nSPS) is 19.4. The van der Waals surface area contributed by atoms with Gasteiger partial charge in [-0.15, -0.1) is 0 Å². The van der Waals surface area contributed by atoms with E-state index in [-0.39, 0.29) is 6.54 Å². The van der Waals surface area contributed by atoms with Crippen LogP contribution in [0.4, 0.5) is 14.7 Å². The summed E-state index contributed by atoms with van der Waals surface area (Å²) in [7, 11) is 2.97. The Morgan fingerprint density at radius 3 is 2.33 bits per heavy atom. The summed E-state index contributed by atoms with van der Waals surface area (Å²) in [5.74, 6) is 0.467. The lowest BCUT2D eigenvalue weighted by atomic mass is 10.1. The van der Waals surface area contributed by atoms with Gasteiger partial charge in [-0.1, -0.05) is 0 Å². The van der Waals surface area contributed by atoms with E-state index >= 15 is 0 Å². The smallest absolute Gasteiger partial charge is 0.243 e. The molecular formula is C11H15F2N3O2. The first-order valence-electron chi connectivity index (χ1n) is 5.64. The molecule has 0 radical (unpaired) electrons. The highest BCUT2D eigenvalue weighted by Gasteiger charge is 2.31. The van der Waals surface area contributed by atoms with Gasteiger partial charge in [-0.2, -0.15) is 9.97 Å². The summed E-state index contributed by atoms with van der Waals surface area (Å²) in [5.41, 5.74) is 0. The summed E-state index contributed by atoms with van der Waals surface area (Å²) in [6.45, 7) is 0.777. The topological polar surface area (TPSA) is 47.5 Å². The molecule has 0 saturated carbocycles. The van der Waals surface area contributed by atoms with Gasteiger partial charge in [0, 0.05) is 19.0 Å². The Bertz CT molecular complexity index is 395. The van der Waals surface area contributed by atoms with Crippen LogP contribution in [0.1, 0.15) is 6.42 Å². The Morgan fingerprint density at radius 2 is 1.89 bits per heavy atom. The molecule has 1 saturated heterocycles. The van der Waals surface area contributed by atoms with Crippen molar-refractivity contribution in [3.63, 3.8) is 0 Å². The zero-order chi connectivity index (χ0) is 13.1. The van der Waals surface area contributed by atoms with Gasteiger partial charge in [0.05, 0.1) is 20.3 Å². The van der Waals surface area contributed by atoms with Crippen LogP contribution in [0.15, 0.2) is 6.07 Å². The molecule has 0 aliphatic carbocycles. The predicted molar refractivity (Wildman–Crippen MR) is 61.5 cm³/mol. The zero-order valence-corrected chi connectivity index (χ0v) is 10.3. The Balaban J connectivity index is 2.18. The minimum atomic E-state index is -2.30. The van der Waals surface area contributed by atoms with Crippen molar-refractivity contribution in [2.24, 2.45) is 5.92 Å². The van der Waals surface area contributed by atoms with Crippen LogP contribution in [0, 0.1) is 5.92 Å². The van der Waals surface area contributed by atoms with Gasteiger partial charge in [-0.25, -0.2) is 8.78 Å². The SMILES string of the molecule is COc1cc(OC)nc(N2CCC(C(F)F)C2)n1. The maximum absolute atomic E-state index is 12.6. The van der Waals surface area contributed by atoms with Gasteiger partial charge in [0.1, 0.15) is 0 Å². The molecule has 1 fully saturated rings. The van der Waals surface area contributed by atoms with E-state index in [1.54, 1.807) is 11.0 Å². The molecule has 0 amide bonds. The molecule has 1 aromatic rings. The van der Waals surface area contributed by atoms with Gasteiger partial charge in [0.2, 0.25) is 24.1 Å². The largest absolute Gasteiger partial charge is 0.481 e. The minimum Gasteiger partial charge on any atom is -0.481 e. The van der Waals surface area contributed by atoms with Crippen LogP contribution in [0.3, 0.4) is 0 Å². The van der Waals surface area contributed by atoms with E-state index in [4.69, 9.17) is 9.47 Å². The highest BCUT2D eigenvalue weighted by Crippen LogP contribution is 2.28. The third-order valence-electron chi connectivity index (χ3n) is 2.95. The fourth-order valence-electron chi connectivity index (χ4n) is 1.92. The standard InChI is InChI=1S/C11H15F2N3O2/c1-17-8-5-9(18-2)15-11(14-8)16-4-3-7(6-16)10(12)13/h5,7,10H,3-4,6H2,1-2H3. The van der Waals surface area contributed by atoms with E-state index in [9.17, 15) is 8.78 Å². The Kier molecular flexibility index (Phi) is 3.78. The van der Waals surface area contributed by atoms with Crippen molar-refractivity contribution in [2.45, 2.75) is 12.8 Å². The molecule has 1 unspecified atom stereocenters. The average molecular weight is 259 g/mol. The molecule has 1 aliphatic rings. The summed E-state index contributed by atoms with van der Waals surface area (Å²) in [6.07, 6.45) is -1.86. The van der Waals surface area contributed by atoms with Gasteiger partial charge >= 0.3 is 0 Å². The van der Waals surface area contributed by atoms with Crippen molar-refractivity contribution in [1.82, 2.24) is 9.97 Å². The van der Waals surface area contributed by atoms with E-state index in [0.29, 0.717) is 30.7 Å². The van der Waals surface area contributed by atoms with Gasteiger partial charge in [-0.05, 0) is 6.42 Å². The van der Waals surface area contributed by atoms with E-state index in [2.05, 4.69) is 9.97 Å². The molecule has 0 bridgehead atoms. The molecule has 2 heterocycles. The number of ether oxygens (including phenoxy) is 2. The first-order chi connectivity index (χ1) is 8.63. The monoisotopic (exact) mass is 259 g/mol. The average Bonchev–Trinajstić information content (AvgIpc) is 2.87. The van der Waals surface area contributed by atoms with Crippen LogP contribution in [-0.2, 0) is 0 Å². The van der Waals surface area contributed by atoms with Crippen molar-refractivity contribution in [2.75, 3.05) is 32.2 Å². The number of nitrogens with zero attached hydrogens (tertiary/aromatic N) is 3. The third-order valence-corrected chi connectivity index (χ3v) is 2.95. The van der Waals surface area contributed by atoms with E-state index in [1.165, 1.54) is 14.2 Å². The first kappa shape index (κ1) is 12.8. The second-order valence-electron chi connectivity index (χ2n) is 4.08. The van der Waals surface area contributed by atoms with Crippen molar-refractivity contribution < 1.29 is 18.3 Å². The maximum atomic E-state index is 12.6. The number of alkyl halides is 2. The number of methoxy groups -OCH3 is 2. The van der Waals surface area contributed by atoms with Crippen molar-refractivity contribution >= 4 is 5.95 Å². The third kappa shape index (κ3) is 2.60. The molecule has 1 aliphatic heterocycles. The molecule has 5 nitrogen and oxygen atoms in total. The van der Waals surface area contributed by atoms with Gasteiger partial charge in [-0.3, -0.25) is 0 Å². The van der Waals surface area contributed by atoms with E-state index < -0.39 is 12.3 Å². The van der Waals surface area contributed by atoms with Gasteiger partial charge in [0.15, 0.2) is 0 Å². The molecule has 0 aromatic carbocycles. The van der Waals surface area contributed by atoms with Crippen molar-refractivity contribution in [1.29, 1.82) is 0 Å². The van der Waals surface area contributed by atoms with Gasteiger partial charge in [0.25, 0.3) is 0 Å². The number of anilines is 1. The fraction of sp³-hybridized carbons (Fsp3) is 0.636. The van der Waals surface area contributed by atoms with E-state index in [0.717, 1.165) is 0 Å². The van der Waals surface area contributed by atoms with Crippen LogP contribution >= 0.6 is 0 Å². The second kappa shape index (κ2) is 5.32. The Morgan fingerprint density at radius 1 is 1.28 bits per heavy atom. The maximum Gasteiger partial charge on any atom is 0.243 e. The number of hydrogen-bond donors (Lipinski definition) is 0. The minimum absolute atomic E-state index is 0.258. The lowest BCUT2D eigenvalue weighted by Gasteiger charge is -2.17. The predicted octanol–water partition coefficient (Wildman–Crippen LogP) is 1.59. The van der Waals surface area contributed by atoms with Gasteiger partial charge < -0.3 is 14.4 Å².